The van der Waals surface area contributed by atoms with Gasteiger partial charge in [-0.1, -0.05) is 60.7 Å². The van der Waals surface area contributed by atoms with Crippen molar-refractivity contribution in [3.63, 3.8) is 0 Å². The van der Waals surface area contributed by atoms with Crippen molar-refractivity contribution in [1.29, 1.82) is 0 Å². The van der Waals surface area contributed by atoms with E-state index in [-0.39, 0.29) is 64.0 Å². The molecule has 33 heavy (non-hydrogen) atoms. The van der Waals surface area contributed by atoms with Gasteiger partial charge in [0.15, 0.2) is 0 Å². The van der Waals surface area contributed by atoms with Gasteiger partial charge in [0.05, 0.1) is 11.9 Å². The molecule has 10 nitrogen and oxygen atoms in total. The largest absolute Gasteiger partial charge is 2.00 e. The minimum atomic E-state index is -1.37. The van der Waals surface area contributed by atoms with Gasteiger partial charge in [-0.2, -0.15) is 0 Å². The fourth-order valence-corrected chi connectivity index (χ4v) is 2.84. The molecule has 4 aromatic carbocycles. The van der Waals surface area contributed by atoms with Gasteiger partial charge in [-0.05, 0) is 22.9 Å². The van der Waals surface area contributed by atoms with Gasteiger partial charge in [-0.25, -0.2) is 0 Å². The Balaban J connectivity index is -0.000000474. The summed E-state index contributed by atoms with van der Waals surface area (Å²) in [5.74, 6) is -3.20. The number of benzene rings is 4. The van der Waals surface area contributed by atoms with Gasteiger partial charge in [-0.3, -0.25) is 0 Å². The molecule has 0 atom stereocenters. The van der Waals surface area contributed by atoms with E-state index < -0.39 is 11.9 Å². The SMILES string of the molecule is O=C([O-])c1ccc2ccccc2c1O.O=C([O-])c1ccc2ccccc2c1O.[OH3+].[OH3+].[OH3+].[OH3+].[Zn+2]. The number of fused-ring (bicyclic) bond motifs is 2. The van der Waals surface area contributed by atoms with Gasteiger partial charge < -0.3 is 51.9 Å². The molecule has 0 radical (unpaired) electrons. The molecule has 4 rings (SSSR count). The molecule has 0 unspecified atom stereocenters. The minimum absolute atomic E-state index is 0. The van der Waals surface area contributed by atoms with Crippen LogP contribution in [0.1, 0.15) is 20.7 Å². The Bertz CT molecular complexity index is 1120. The summed E-state index contributed by atoms with van der Waals surface area (Å²) in [5, 5.41) is 43.0. The molecule has 0 bridgehead atoms. The molecule has 0 aliphatic rings. The summed E-state index contributed by atoms with van der Waals surface area (Å²) in [6, 6.07) is 20.0. The van der Waals surface area contributed by atoms with Crippen LogP contribution in [-0.4, -0.2) is 22.2 Å². The Kier molecular flexibility index (Phi) is 14.9. The molecule has 0 saturated carbocycles. The van der Waals surface area contributed by atoms with Gasteiger partial charge in [0.25, 0.3) is 0 Å². The zero-order chi connectivity index (χ0) is 20.3. The van der Waals surface area contributed by atoms with E-state index >= 15 is 0 Å². The van der Waals surface area contributed by atoms with Gasteiger partial charge in [0.2, 0.25) is 0 Å². The number of carboxylic acids is 2. The van der Waals surface area contributed by atoms with Crippen LogP contribution in [0.2, 0.25) is 0 Å². The van der Waals surface area contributed by atoms with Crippen LogP contribution >= 0.6 is 0 Å². The van der Waals surface area contributed by atoms with Crippen molar-refractivity contribution < 1.29 is 71.4 Å². The molecule has 0 spiro atoms. The van der Waals surface area contributed by atoms with Gasteiger partial charge >= 0.3 is 19.5 Å². The Labute approximate surface area is 200 Å². The molecule has 0 amide bonds. The van der Waals surface area contributed by atoms with Crippen LogP contribution in [0.15, 0.2) is 72.8 Å². The van der Waals surface area contributed by atoms with E-state index in [0.717, 1.165) is 10.8 Å². The molecule has 0 aromatic heterocycles. The third-order valence-corrected chi connectivity index (χ3v) is 4.24. The van der Waals surface area contributed by atoms with Crippen LogP contribution in [0.4, 0.5) is 0 Å². The summed E-state index contributed by atoms with van der Waals surface area (Å²) in [5.41, 5.74) is -0.354. The number of carbonyl (C=O) groups is 2. The van der Waals surface area contributed by atoms with Crippen molar-refractivity contribution in [2.24, 2.45) is 0 Å². The maximum absolute atomic E-state index is 10.6. The average molecular weight is 516 g/mol. The van der Waals surface area contributed by atoms with Crippen LogP contribution < -0.4 is 10.2 Å². The summed E-state index contributed by atoms with van der Waals surface area (Å²) >= 11 is 0. The van der Waals surface area contributed by atoms with E-state index in [1.807, 2.05) is 12.1 Å². The van der Waals surface area contributed by atoms with Crippen LogP contribution in [0.25, 0.3) is 21.5 Å². The topological polar surface area (TPSA) is 253 Å². The van der Waals surface area contributed by atoms with Crippen molar-refractivity contribution in [2.45, 2.75) is 0 Å². The number of hydrogen-bond donors (Lipinski definition) is 2. The maximum Gasteiger partial charge on any atom is 2.00 e. The summed E-state index contributed by atoms with van der Waals surface area (Å²) in [6.45, 7) is 0. The van der Waals surface area contributed by atoms with E-state index in [0.29, 0.717) is 10.8 Å². The number of phenols is 2. The predicted molar refractivity (Wildman–Crippen MR) is 119 cm³/mol. The second kappa shape index (κ2) is 14.5. The second-order valence-electron chi connectivity index (χ2n) is 5.94. The summed E-state index contributed by atoms with van der Waals surface area (Å²) < 4.78 is 0. The minimum Gasteiger partial charge on any atom is -0.545 e. The molecule has 4 aromatic rings. The fraction of sp³-hybridized carbons (Fsp3) is 0. The summed E-state index contributed by atoms with van der Waals surface area (Å²) in [6.07, 6.45) is 0. The number of rotatable bonds is 2. The first kappa shape index (κ1) is 34.0. The standard InChI is InChI=1S/2C11H8O3.4H2O.Zn/c2*12-10-8-4-2-1-3-7(8)5-6-9(10)11(13)14;;;;;/h2*1-6,12H,(H,13,14);4*1H2;/q;;;;;;+2/p+2. The Morgan fingerprint density at radius 2 is 0.848 bits per heavy atom. The summed E-state index contributed by atoms with van der Waals surface area (Å²) in [4.78, 5) is 21.2. The smallest absolute Gasteiger partial charge is 0.545 e. The van der Waals surface area contributed by atoms with E-state index in [1.54, 1.807) is 48.5 Å². The second-order valence-corrected chi connectivity index (χ2v) is 5.94. The fourth-order valence-electron chi connectivity index (χ4n) is 2.84. The van der Waals surface area contributed by atoms with Crippen LogP contribution in [0.3, 0.4) is 0 Å². The van der Waals surface area contributed by atoms with Crippen molar-refractivity contribution >= 4 is 33.5 Å². The molecule has 0 saturated heterocycles. The third-order valence-electron chi connectivity index (χ3n) is 4.24. The number of aromatic carboxylic acids is 2. The number of hydrogen-bond acceptors (Lipinski definition) is 6. The quantitative estimate of drug-likeness (QED) is 0.228. The number of carboxylic acid groups (broad SMARTS) is 2. The molecule has 0 fully saturated rings. The van der Waals surface area contributed by atoms with E-state index in [4.69, 9.17) is 0 Å². The number of aromatic hydroxyl groups is 2. The van der Waals surface area contributed by atoms with Crippen molar-refractivity contribution in [3.05, 3.63) is 83.9 Å². The molecule has 172 valence electrons. The molecular weight excluding hydrogens is 490 g/mol. The third kappa shape index (κ3) is 7.21. The molecule has 0 heterocycles. The van der Waals surface area contributed by atoms with Crippen LogP contribution in [0, 0.1) is 0 Å². The first-order valence-corrected chi connectivity index (χ1v) is 8.24. The summed E-state index contributed by atoms with van der Waals surface area (Å²) in [7, 11) is 0. The Hall–Kier alpha value is -3.60. The van der Waals surface area contributed by atoms with E-state index in [2.05, 4.69) is 0 Å². The zero-order valence-electron chi connectivity index (χ0n) is 17.5. The molecular formula is C22H26O10Zn+4. The average Bonchev–Trinajstić information content (AvgIpc) is 2.69. The Morgan fingerprint density at radius 1 is 0.545 bits per heavy atom. The van der Waals surface area contributed by atoms with E-state index in [1.165, 1.54) is 12.1 Å². The van der Waals surface area contributed by atoms with Crippen molar-refractivity contribution in [1.82, 2.24) is 0 Å². The Morgan fingerprint density at radius 3 is 1.15 bits per heavy atom. The monoisotopic (exact) mass is 514 g/mol. The van der Waals surface area contributed by atoms with Crippen LogP contribution in [0.5, 0.6) is 11.5 Å². The molecule has 11 heteroatoms. The normalized spacial score (nSPS) is 8.73. The van der Waals surface area contributed by atoms with Crippen molar-refractivity contribution in [2.75, 3.05) is 0 Å². The first-order chi connectivity index (χ1) is 13.4. The van der Waals surface area contributed by atoms with Gasteiger partial charge in [0, 0.05) is 21.9 Å². The zero-order valence-corrected chi connectivity index (χ0v) is 20.4. The van der Waals surface area contributed by atoms with Gasteiger partial charge in [-0.15, -0.1) is 0 Å². The first-order valence-electron chi connectivity index (χ1n) is 8.24. The maximum atomic E-state index is 10.6. The predicted octanol–water partition coefficient (Wildman–Crippen LogP) is -1.87. The van der Waals surface area contributed by atoms with Crippen molar-refractivity contribution in [3.8, 4) is 11.5 Å². The molecule has 0 aliphatic heterocycles. The van der Waals surface area contributed by atoms with Gasteiger partial charge in [0.1, 0.15) is 11.5 Å². The van der Waals surface area contributed by atoms with Crippen LogP contribution in [-0.2, 0) is 41.4 Å². The molecule has 0 aliphatic carbocycles. The van der Waals surface area contributed by atoms with E-state index in [9.17, 15) is 30.0 Å². The number of carbonyl (C=O) groups excluding carboxylic acids is 2. The molecule has 14 N–H and O–H groups in total.